The molecule has 1 fully saturated rings. The molecule has 12 heteroatoms. The van der Waals surface area contributed by atoms with E-state index in [1.807, 2.05) is 18.4 Å². The first-order chi connectivity index (χ1) is 16.2. The van der Waals surface area contributed by atoms with Crippen LogP contribution in [0.25, 0.3) is 0 Å². The van der Waals surface area contributed by atoms with Gasteiger partial charge in [0.1, 0.15) is 17.7 Å². The second kappa shape index (κ2) is 11.5. The van der Waals surface area contributed by atoms with Crippen LogP contribution in [-0.4, -0.2) is 79.0 Å². The lowest BCUT2D eigenvalue weighted by molar-refractivity contribution is 0.0399. The molecule has 1 aliphatic heterocycles. The van der Waals surface area contributed by atoms with Gasteiger partial charge in [-0.15, -0.1) is 10.2 Å². The van der Waals surface area contributed by atoms with Crippen LogP contribution in [0.3, 0.4) is 0 Å². The Kier molecular flexibility index (Phi) is 8.96. The zero-order valence-corrected chi connectivity index (χ0v) is 21.5. The van der Waals surface area contributed by atoms with E-state index in [0.29, 0.717) is 36.4 Å². The Balaban J connectivity index is 1.90. The Hall–Kier alpha value is -2.15. The van der Waals surface area contributed by atoms with Crippen molar-refractivity contribution in [1.82, 2.24) is 24.7 Å². The third-order valence-corrected chi connectivity index (χ3v) is 8.52. The molecule has 0 spiro atoms. The highest BCUT2D eigenvalue weighted by Crippen LogP contribution is 2.34. The van der Waals surface area contributed by atoms with Crippen molar-refractivity contribution in [2.75, 3.05) is 34.5 Å². The first-order valence-corrected chi connectivity index (χ1v) is 13.1. The molecule has 2 aromatic heterocycles. The maximum absolute atomic E-state index is 13.5. The topological polar surface area (TPSA) is 128 Å². The standard InChI is InChI=1S/C22H35N5O6S/c1-14-7-8-19(33-14)22-26-25-20(27(22)17(11-30-4)12-31-5)13-34(28,29)16(3)15(2)18-9-24-21(32-6)10-23-18/h9-10,14-17,19H,7-8,11-13H2,1-6H3/t14-,15+,16+,19-/m1/s1. The minimum atomic E-state index is -3.63. The van der Waals surface area contributed by atoms with E-state index in [-0.39, 0.29) is 29.9 Å². The molecular weight excluding hydrogens is 462 g/mol. The number of hydrogen-bond donors (Lipinski definition) is 0. The molecule has 0 unspecified atom stereocenters. The molecule has 0 saturated carbocycles. The molecule has 1 aliphatic rings. The van der Waals surface area contributed by atoms with Gasteiger partial charge in [-0.2, -0.15) is 0 Å². The normalized spacial score (nSPS) is 20.6. The minimum absolute atomic E-state index is 0.108. The molecule has 3 rings (SSSR count). The van der Waals surface area contributed by atoms with Gasteiger partial charge in [0.15, 0.2) is 15.7 Å². The van der Waals surface area contributed by atoms with E-state index >= 15 is 0 Å². The van der Waals surface area contributed by atoms with Gasteiger partial charge in [-0.05, 0) is 26.7 Å². The summed E-state index contributed by atoms with van der Waals surface area (Å²) in [5.41, 5.74) is 0.573. The fourth-order valence-electron chi connectivity index (χ4n) is 4.16. The van der Waals surface area contributed by atoms with Crippen LogP contribution in [0.1, 0.15) is 69.0 Å². The molecule has 0 N–H and O–H groups in total. The molecular formula is C22H35N5O6S. The van der Waals surface area contributed by atoms with Gasteiger partial charge in [-0.25, -0.2) is 13.4 Å². The van der Waals surface area contributed by atoms with Gasteiger partial charge in [0.2, 0.25) is 5.88 Å². The molecule has 0 amide bonds. The summed E-state index contributed by atoms with van der Waals surface area (Å²) >= 11 is 0. The number of hydrogen-bond acceptors (Lipinski definition) is 10. The first kappa shape index (κ1) is 26.5. The Morgan fingerprint density at radius 2 is 1.79 bits per heavy atom. The first-order valence-electron chi connectivity index (χ1n) is 11.4. The fraction of sp³-hybridized carbons (Fsp3) is 0.727. The van der Waals surface area contributed by atoms with Crippen LogP contribution in [0.15, 0.2) is 12.4 Å². The highest BCUT2D eigenvalue weighted by molar-refractivity contribution is 7.91. The number of ether oxygens (including phenoxy) is 4. The van der Waals surface area contributed by atoms with Crippen LogP contribution in [0.2, 0.25) is 0 Å². The highest BCUT2D eigenvalue weighted by Gasteiger charge is 2.35. The van der Waals surface area contributed by atoms with Crippen molar-refractivity contribution in [2.45, 2.75) is 68.8 Å². The summed E-state index contributed by atoms with van der Waals surface area (Å²) in [5, 5.41) is 7.92. The van der Waals surface area contributed by atoms with Gasteiger partial charge in [0.25, 0.3) is 0 Å². The van der Waals surface area contributed by atoms with Gasteiger partial charge < -0.3 is 23.5 Å². The molecule has 3 heterocycles. The average Bonchev–Trinajstić information content (AvgIpc) is 3.43. The Bertz CT molecular complexity index is 1020. The lowest BCUT2D eigenvalue weighted by Crippen LogP contribution is -2.29. The molecule has 0 radical (unpaired) electrons. The second-order valence-corrected chi connectivity index (χ2v) is 11.1. The van der Waals surface area contributed by atoms with Crippen molar-refractivity contribution in [1.29, 1.82) is 0 Å². The predicted octanol–water partition coefficient (Wildman–Crippen LogP) is 2.26. The summed E-state index contributed by atoms with van der Waals surface area (Å²) in [6.45, 7) is 6.15. The van der Waals surface area contributed by atoms with Crippen molar-refractivity contribution >= 4 is 9.84 Å². The van der Waals surface area contributed by atoms with Gasteiger partial charge >= 0.3 is 0 Å². The van der Waals surface area contributed by atoms with Crippen molar-refractivity contribution in [3.05, 3.63) is 29.7 Å². The van der Waals surface area contributed by atoms with Crippen LogP contribution >= 0.6 is 0 Å². The van der Waals surface area contributed by atoms with E-state index in [2.05, 4.69) is 20.2 Å². The molecule has 2 aromatic rings. The maximum atomic E-state index is 13.5. The van der Waals surface area contributed by atoms with E-state index in [0.717, 1.165) is 12.8 Å². The van der Waals surface area contributed by atoms with Crippen molar-refractivity contribution < 1.29 is 27.4 Å². The number of aromatic nitrogens is 5. The summed E-state index contributed by atoms with van der Waals surface area (Å²) in [7, 11) is 1.06. The highest BCUT2D eigenvalue weighted by atomic mass is 32.2. The molecule has 34 heavy (non-hydrogen) atoms. The zero-order chi connectivity index (χ0) is 24.9. The second-order valence-electron chi connectivity index (χ2n) is 8.71. The molecule has 0 bridgehead atoms. The van der Waals surface area contributed by atoms with Crippen LogP contribution < -0.4 is 4.74 Å². The number of nitrogens with zero attached hydrogens (tertiary/aromatic N) is 5. The van der Waals surface area contributed by atoms with E-state index < -0.39 is 15.1 Å². The van der Waals surface area contributed by atoms with Crippen LogP contribution in [-0.2, 0) is 29.8 Å². The minimum Gasteiger partial charge on any atom is -0.480 e. The zero-order valence-electron chi connectivity index (χ0n) is 20.7. The Morgan fingerprint density at radius 3 is 2.32 bits per heavy atom. The van der Waals surface area contributed by atoms with E-state index in [1.165, 1.54) is 13.3 Å². The maximum Gasteiger partial charge on any atom is 0.231 e. The van der Waals surface area contributed by atoms with Gasteiger partial charge in [-0.1, -0.05) is 6.92 Å². The average molecular weight is 498 g/mol. The Morgan fingerprint density at radius 1 is 1.09 bits per heavy atom. The summed E-state index contributed by atoms with van der Waals surface area (Å²) in [6.07, 6.45) is 4.58. The largest absolute Gasteiger partial charge is 0.480 e. The lowest BCUT2D eigenvalue weighted by Gasteiger charge is -2.24. The van der Waals surface area contributed by atoms with E-state index in [9.17, 15) is 8.42 Å². The monoisotopic (exact) mass is 497 g/mol. The third kappa shape index (κ3) is 5.91. The summed E-state index contributed by atoms with van der Waals surface area (Å²) in [4.78, 5) is 8.47. The van der Waals surface area contributed by atoms with Crippen molar-refractivity contribution in [2.24, 2.45) is 0 Å². The van der Waals surface area contributed by atoms with Gasteiger partial charge in [0, 0.05) is 20.1 Å². The number of rotatable bonds is 12. The van der Waals surface area contributed by atoms with E-state index in [4.69, 9.17) is 18.9 Å². The SMILES string of the molecule is COCC(COC)n1c(CS(=O)(=O)[C@@H](C)[C@H](C)c2cnc(OC)cn2)nnc1[C@H]1CC[C@@H](C)O1. The molecule has 1 saturated heterocycles. The summed E-state index contributed by atoms with van der Waals surface area (Å²) in [5.74, 6) is 0.666. The Labute approximate surface area is 201 Å². The van der Waals surface area contributed by atoms with Crippen LogP contribution in [0, 0.1) is 0 Å². The van der Waals surface area contributed by atoms with Crippen molar-refractivity contribution in [3.63, 3.8) is 0 Å². The molecule has 0 aliphatic carbocycles. The lowest BCUT2D eigenvalue weighted by atomic mass is 10.1. The van der Waals surface area contributed by atoms with Gasteiger partial charge in [-0.3, -0.25) is 4.98 Å². The van der Waals surface area contributed by atoms with E-state index in [1.54, 1.807) is 27.3 Å². The molecule has 190 valence electrons. The smallest absolute Gasteiger partial charge is 0.231 e. The molecule has 4 atom stereocenters. The number of sulfone groups is 1. The van der Waals surface area contributed by atoms with Crippen LogP contribution in [0.4, 0.5) is 0 Å². The van der Waals surface area contributed by atoms with Gasteiger partial charge in [0.05, 0.1) is 55.8 Å². The third-order valence-electron chi connectivity index (χ3n) is 6.32. The summed E-state index contributed by atoms with van der Waals surface area (Å²) < 4.78 is 50.6. The molecule has 11 nitrogen and oxygen atoms in total. The van der Waals surface area contributed by atoms with Crippen LogP contribution in [0.5, 0.6) is 5.88 Å². The predicted molar refractivity (Wildman–Crippen MR) is 124 cm³/mol. The fourth-order valence-corrected chi connectivity index (χ4v) is 5.74. The van der Waals surface area contributed by atoms with Crippen molar-refractivity contribution in [3.8, 4) is 5.88 Å². The quantitative estimate of drug-likeness (QED) is 0.431. The number of methoxy groups -OCH3 is 3. The summed E-state index contributed by atoms with van der Waals surface area (Å²) in [6, 6.07) is -0.287. The molecule has 0 aromatic carbocycles.